The normalized spacial score (nSPS) is 16.9. The molecule has 0 aliphatic carbocycles. The van der Waals surface area contributed by atoms with Crippen LogP contribution < -0.4 is 15.8 Å². The van der Waals surface area contributed by atoms with Crippen molar-refractivity contribution in [3.63, 3.8) is 0 Å². The highest BCUT2D eigenvalue weighted by atomic mass is 32.2. The molecule has 0 unspecified atom stereocenters. The van der Waals surface area contributed by atoms with Crippen molar-refractivity contribution in [1.82, 2.24) is 5.32 Å². The smallest absolute Gasteiger partial charge is 0.289 e. The van der Waals surface area contributed by atoms with E-state index in [9.17, 15) is 9.59 Å². The first-order valence-corrected chi connectivity index (χ1v) is 8.27. The third kappa shape index (κ3) is 4.71. The number of nitrogens with zero attached hydrogens (tertiary/aromatic N) is 1. The van der Waals surface area contributed by atoms with Crippen LogP contribution in [0, 0.1) is 0 Å². The molecule has 1 aliphatic rings. The number of carbonyl (C=O) groups excluding carboxylic acids is 2. The third-order valence-corrected chi connectivity index (χ3v) is 4.01. The van der Waals surface area contributed by atoms with Gasteiger partial charge >= 0.3 is 0 Å². The maximum Gasteiger partial charge on any atom is 0.289 e. The molecule has 3 N–H and O–H groups in total. The van der Waals surface area contributed by atoms with Gasteiger partial charge in [0.2, 0.25) is 0 Å². The largest absolute Gasteiger partial charge is 0.484 e. The number of amidine groups is 1. The minimum Gasteiger partial charge on any atom is -0.484 e. The summed E-state index contributed by atoms with van der Waals surface area (Å²) in [5.74, 6) is 0.490. The molecule has 2 amide bonds. The van der Waals surface area contributed by atoms with Gasteiger partial charge in [-0.3, -0.25) is 9.59 Å². The Balaban J connectivity index is 1.86. The second-order valence-electron chi connectivity index (χ2n) is 5.15. The highest BCUT2D eigenvalue weighted by molar-refractivity contribution is 8.18. The highest BCUT2D eigenvalue weighted by Gasteiger charge is 2.23. The van der Waals surface area contributed by atoms with Crippen molar-refractivity contribution < 1.29 is 14.3 Å². The summed E-state index contributed by atoms with van der Waals surface area (Å²) in [6, 6.07) is 16.5. The van der Waals surface area contributed by atoms with Gasteiger partial charge in [-0.2, -0.15) is 0 Å². The van der Waals surface area contributed by atoms with Crippen LogP contribution in [0.2, 0.25) is 0 Å². The van der Waals surface area contributed by atoms with Crippen molar-refractivity contribution in [2.24, 2.45) is 10.7 Å². The molecular formula is C18H15N3O3S. The number of hydrogen-bond donors (Lipinski definition) is 2. The summed E-state index contributed by atoms with van der Waals surface area (Å²) < 4.78 is 5.29. The number of benzene rings is 2. The van der Waals surface area contributed by atoms with Crippen molar-refractivity contribution in [3.05, 3.63) is 65.1 Å². The zero-order valence-corrected chi connectivity index (χ0v) is 14.0. The van der Waals surface area contributed by atoms with E-state index in [-0.39, 0.29) is 11.8 Å². The molecule has 126 valence electrons. The fraction of sp³-hybridized carbons (Fsp3) is 0.0556. The maximum atomic E-state index is 11.7. The van der Waals surface area contributed by atoms with Gasteiger partial charge in [-0.15, -0.1) is 0 Å². The molecule has 1 aliphatic heterocycles. The van der Waals surface area contributed by atoms with Crippen molar-refractivity contribution in [2.75, 3.05) is 6.61 Å². The van der Waals surface area contributed by atoms with Crippen LogP contribution in [0.1, 0.15) is 5.56 Å². The lowest BCUT2D eigenvalue weighted by Crippen LogP contribution is -2.20. The van der Waals surface area contributed by atoms with E-state index >= 15 is 0 Å². The summed E-state index contributed by atoms with van der Waals surface area (Å²) >= 11 is 1.08. The number of rotatable bonds is 5. The molecule has 1 heterocycles. The molecule has 1 saturated heterocycles. The molecule has 2 aromatic carbocycles. The zero-order chi connectivity index (χ0) is 17.6. The Kier molecular flexibility index (Phi) is 5.15. The quantitative estimate of drug-likeness (QED) is 0.864. The second kappa shape index (κ2) is 7.67. The number of primary amides is 1. The third-order valence-electron chi connectivity index (χ3n) is 3.19. The molecule has 0 bridgehead atoms. The van der Waals surface area contributed by atoms with Crippen molar-refractivity contribution in [1.29, 1.82) is 0 Å². The summed E-state index contributed by atoms with van der Waals surface area (Å²) in [6.45, 7) is -0.185. The van der Waals surface area contributed by atoms with E-state index in [1.54, 1.807) is 18.2 Å². The first kappa shape index (κ1) is 16.8. The van der Waals surface area contributed by atoms with Gasteiger partial charge in [0.15, 0.2) is 6.61 Å². The van der Waals surface area contributed by atoms with Gasteiger partial charge in [-0.25, -0.2) is 4.99 Å². The van der Waals surface area contributed by atoms with Crippen molar-refractivity contribution in [2.45, 2.75) is 0 Å². The van der Waals surface area contributed by atoms with Crippen LogP contribution in [0.15, 0.2) is 64.5 Å². The molecule has 7 heteroatoms. The van der Waals surface area contributed by atoms with Crippen LogP contribution in [0.4, 0.5) is 10.5 Å². The SMILES string of the molecule is NC(=O)COc1cccc(/C=C2\SC(=O)NC2=Nc2ccccc2)c1. The monoisotopic (exact) mass is 353 g/mol. The van der Waals surface area contributed by atoms with Gasteiger partial charge in [0.25, 0.3) is 11.1 Å². The van der Waals surface area contributed by atoms with Gasteiger partial charge in [0.05, 0.1) is 10.6 Å². The number of para-hydroxylation sites is 1. The summed E-state index contributed by atoms with van der Waals surface area (Å²) in [6.07, 6.45) is 1.83. The van der Waals surface area contributed by atoms with Gasteiger partial charge in [-0.05, 0) is 47.7 Å². The van der Waals surface area contributed by atoms with E-state index in [1.165, 1.54) is 0 Å². The number of nitrogens with one attached hydrogen (secondary N) is 1. The Labute approximate surface area is 148 Å². The van der Waals surface area contributed by atoms with E-state index in [0.29, 0.717) is 16.5 Å². The Morgan fingerprint density at radius 3 is 2.76 bits per heavy atom. The molecule has 1 fully saturated rings. The molecule has 0 radical (unpaired) electrons. The predicted molar refractivity (Wildman–Crippen MR) is 98.8 cm³/mol. The highest BCUT2D eigenvalue weighted by Crippen LogP contribution is 2.29. The van der Waals surface area contributed by atoms with E-state index in [1.807, 2.05) is 42.5 Å². The van der Waals surface area contributed by atoms with Crippen LogP contribution in [-0.2, 0) is 4.79 Å². The maximum absolute atomic E-state index is 11.7. The van der Waals surface area contributed by atoms with E-state index in [2.05, 4.69) is 10.3 Å². The Hall–Kier alpha value is -3.06. The van der Waals surface area contributed by atoms with Crippen LogP contribution in [-0.4, -0.2) is 23.6 Å². The zero-order valence-electron chi connectivity index (χ0n) is 13.1. The lowest BCUT2D eigenvalue weighted by Gasteiger charge is -2.05. The molecule has 0 saturated carbocycles. The summed E-state index contributed by atoms with van der Waals surface area (Å²) in [5, 5.41) is 2.56. The van der Waals surface area contributed by atoms with Crippen molar-refractivity contribution >= 4 is 40.5 Å². The number of ether oxygens (including phenoxy) is 1. The molecule has 0 atom stereocenters. The molecule has 0 spiro atoms. The summed E-state index contributed by atoms with van der Waals surface area (Å²) in [4.78, 5) is 27.7. The van der Waals surface area contributed by atoms with Crippen LogP contribution in [0.5, 0.6) is 5.75 Å². The molecule has 3 rings (SSSR count). The summed E-state index contributed by atoms with van der Waals surface area (Å²) in [5.41, 5.74) is 6.65. The molecular weight excluding hydrogens is 338 g/mol. The van der Waals surface area contributed by atoms with Gasteiger partial charge in [-0.1, -0.05) is 30.3 Å². The lowest BCUT2D eigenvalue weighted by atomic mass is 10.2. The van der Waals surface area contributed by atoms with E-state index in [4.69, 9.17) is 10.5 Å². The number of nitrogens with two attached hydrogens (primary N) is 1. The number of hydrogen-bond acceptors (Lipinski definition) is 5. The molecule has 25 heavy (non-hydrogen) atoms. The van der Waals surface area contributed by atoms with E-state index < -0.39 is 5.91 Å². The average Bonchev–Trinajstić information content (AvgIpc) is 2.93. The average molecular weight is 353 g/mol. The fourth-order valence-electron chi connectivity index (χ4n) is 2.14. The van der Waals surface area contributed by atoms with E-state index in [0.717, 1.165) is 23.0 Å². The van der Waals surface area contributed by atoms with Gasteiger partial charge in [0.1, 0.15) is 11.6 Å². The Morgan fingerprint density at radius 2 is 2.00 bits per heavy atom. The van der Waals surface area contributed by atoms with Crippen LogP contribution in [0.3, 0.4) is 0 Å². The number of aliphatic imine (C=N–C) groups is 1. The Morgan fingerprint density at radius 1 is 1.20 bits per heavy atom. The second-order valence-corrected chi connectivity index (χ2v) is 6.16. The van der Waals surface area contributed by atoms with Gasteiger partial charge < -0.3 is 15.8 Å². The Bertz CT molecular complexity index is 863. The lowest BCUT2D eigenvalue weighted by molar-refractivity contribution is -0.119. The fourth-order valence-corrected chi connectivity index (χ4v) is 2.88. The standard InChI is InChI=1S/C18H15N3O3S/c19-16(22)11-24-14-8-4-5-12(9-14)10-15-17(21-18(23)25-15)20-13-6-2-1-3-7-13/h1-10H,11H2,(H2,19,22)(H,20,21,23)/b15-10-. The van der Waals surface area contributed by atoms with Crippen LogP contribution in [0.25, 0.3) is 6.08 Å². The number of amides is 2. The summed E-state index contributed by atoms with van der Waals surface area (Å²) in [7, 11) is 0. The molecule has 0 aromatic heterocycles. The minimum absolute atomic E-state index is 0.179. The number of thioether (sulfide) groups is 1. The van der Waals surface area contributed by atoms with Crippen LogP contribution >= 0.6 is 11.8 Å². The minimum atomic E-state index is -0.540. The van der Waals surface area contributed by atoms with Crippen molar-refractivity contribution in [3.8, 4) is 5.75 Å². The van der Waals surface area contributed by atoms with Gasteiger partial charge in [0, 0.05) is 0 Å². The first-order chi connectivity index (χ1) is 12.1. The molecule has 6 nitrogen and oxygen atoms in total. The first-order valence-electron chi connectivity index (χ1n) is 7.46. The molecule has 2 aromatic rings. The number of carbonyl (C=O) groups is 2. The predicted octanol–water partition coefficient (Wildman–Crippen LogP) is 3.08. The topological polar surface area (TPSA) is 93.8 Å².